The monoisotopic (exact) mass is 134 g/mol. The molecule has 0 saturated heterocycles. The topological polar surface area (TPSA) is 18.5 Å². The lowest BCUT2D eigenvalue weighted by molar-refractivity contribution is -0.0729. The second kappa shape index (κ2) is 5.28. The molecule has 50 valence electrons. The van der Waals surface area contributed by atoms with Crippen LogP contribution >= 0.6 is 0 Å². The molecule has 0 heterocycles. The van der Waals surface area contributed by atoms with E-state index in [1.165, 1.54) is 0 Å². The Morgan fingerprint density at radius 1 is 1.50 bits per heavy atom. The maximum atomic E-state index is 5.15. The van der Waals surface area contributed by atoms with E-state index in [9.17, 15) is 0 Å². The molecule has 0 aliphatic heterocycles. The maximum absolute atomic E-state index is 5.15. The smallest absolute Gasteiger partial charge is 0.149 e. The van der Waals surface area contributed by atoms with E-state index in [1.807, 2.05) is 6.92 Å². The van der Waals surface area contributed by atoms with E-state index in [-0.39, 0.29) is 6.29 Å². The molecule has 0 aliphatic rings. The second-order valence-electron chi connectivity index (χ2n) is 1.53. The zero-order chi connectivity index (χ0) is 6.41. The molecule has 0 amide bonds. The Labute approximate surface area is 53.7 Å². The fourth-order valence-corrected chi connectivity index (χ4v) is 1.01. The molecule has 0 N–H and O–H groups in total. The molecule has 1 atom stereocenters. The van der Waals surface area contributed by atoms with Gasteiger partial charge in [0.2, 0.25) is 0 Å². The summed E-state index contributed by atoms with van der Waals surface area (Å²) in [7, 11) is 0.771. The summed E-state index contributed by atoms with van der Waals surface area (Å²) in [4.78, 5) is 0. The summed E-state index contributed by atoms with van der Waals surface area (Å²) in [6.07, 6.45) is 1.02. The second-order valence-corrected chi connectivity index (χ2v) is 2.00. The quantitative estimate of drug-likeness (QED) is 0.400. The van der Waals surface area contributed by atoms with Crippen LogP contribution < -0.4 is 0 Å². The van der Waals surface area contributed by atoms with Crippen molar-refractivity contribution >= 4 is 10.5 Å². The van der Waals surface area contributed by atoms with Gasteiger partial charge in [0.05, 0.1) is 0 Å². The first-order valence-electron chi connectivity index (χ1n) is 2.99. The first kappa shape index (κ1) is 8.14. The molecule has 0 aliphatic carbocycles. The first-order chi connectivity index (χ1) is 3.85. The summed E-state index contributed by atoms with van der Waals surface area (Å²) in [5, 5.41) is 0. The molecule has 0 aromatic heterocycles. The van der Waals surface area contributed by atoms with Gasteiger partial charge < -0.3 is 9.16 Å². The van der Waals surface area contributed by atoms with Crippen molar-refractivity contribution in [3.8, 4) is 0 Å². The zero-order valence-corrected chi connectivity index (χ0v) is 7.81. The van der Waals surface area contributed by atoms with Crippen molar-refractivity contribution in [3.05, 3.63) is 0 Å². The van der Waals surface area contributed by atoms with Crippen molar-refractivity contribution in [1.82, 2.24) is 0 Å². The van der Waals surface area contributed by atoms with Gasteiger partial charge in [-0.1, -0.05) is 6.92 Å². The minimum absolute atomic E-state index is 0.0617. The molecular weight excluding hydrogens is 120 g/mol. The van der Waals surface area contributed by atoms with Crippen LogP contribution in [0.4, 0.5) is 0 Å². The third-order valence-corrected chi connectivity index (χ3v) is 1.47. The average molecular weight is 134 g/mol. The van der Waals surface area contributed by atoms with E-state index < -0.39 is 0 Å². The Hall–Kier alpha value is 0.137. The summed E-state index contributed by atoms with van der Waals surface area (Å²) in [5.41, 5.74) is 0. The minimum Gasteiger partial charge on any atom is -0.404 e. The van der Waals surface area contributed by atoms with E-state index in [0.717, 1.165) is 23.5 Å². The van der Waals surface area contributed by atoms with Gasteiger partial charge in [0.1, 0.15) is 16.8 Å². The molecular formula is C5H14O2Si. The number of hydrogen-bond donors (Lipinski definition) is 0. The molecule has 0 rings (SSSR count). The highest BCUT2D eigenvalue weighted by Crippen LogP contribution is 1.95. The Bertz CT molecular complexity index is 45.7. The molecule has 0 aromatic rings. The number of hydrogen-bond acceptors (Lipinski definition) is 2. The molecule has 0 bridgehead atoms. The zero-order valence-electron chi connectivity index (χ0n) is 5.81. The molecule has 0 saturated carbocycles. The van der Waals surface area contributed by atoms with Crippen molar-refractivity contribution in [3.63, 3.8) is 0 Å². The van der Waals surface area contributed by atoms with Crippen LogP contribution in [0.15, 0.2) is 0 Å². The van der Waals surface area contributed by atoms with Crippen LogP contribution in [0.25, 0.3) is 0 Å². The van der Waals surface area contributed by atoms with E-state index in [0.29, 0.717) is 0 Å². The molecule has 0 fully saturated rings. The van der Waals surface area contributed by atoms with Crippen LogP contribution in [0.1, 0.15) is 20.3 Å². The van der Waals surface area contributed by atoms with Crippen molar-refractivity contribution in [2.45, 2.75) is 26.6 Å². The normalized spacial score (nSPS) is 14.2. The lowest BCUT2D eigenvalue weighted by atomic mass is 10.5. The van der Waals surface area contributed by atoms with Gasteiger partial charge in [-0.25, -0.2) is 0 Å². The third-order valence-electron chi connectivity index (χ3n) is 0.949. The van der Waals surface area contributed by atoms with Gasteiger partial charge in [-0.2, -0.15) is 0 Å². The van der Waals surface area contributed by atoms with E-state index in [1.54, 1.807) is 0 Å². The number of ether oxygens (including phenoxy) is 1. The van der Waals surface area contributed by atoms with E-state index in [4.69, 9.17) is 9.16 Å². The van der Waals surface area contributed by atoms with Crippen LogP contribution in [-0.4, -0.2) is 23.4 Å². The van der Waals surface area contributed by atoms with Gasteiger partial charge in [-0.15, -0.1) is 0 Å². The summed E-state index contributed by atoms with van der Waals surface area (Å²) in [6.45, 7) is 4.78. The van der Waals surface area contributed by atoms with E-state index >= 15 is 0 Å². The summed E-state index contributed by atoms with van der Waals surface area (Å²) in [5.74, 6) is 0. The minimum atomic E-state index is 0.0617. The molecule has 0 aromatic carbocycles. The summed E-state index contributed by atoms with van der Waals surface area (Å²) >= 11 is 0. The predicted molar refractivity (Wildman–Crippen MR) is 36.7 cm³/mol. The molecule has 2 nitrogen and oxygen atoms in total. The molecule has 3 heteroatoms. The summed E-state index contributed by atoms with van der Waals surface area (Å²) < 4.78 is 10.2. The van der Waals surface area contributed by atoms with Gasteiger partial charge in [0.15, 0.2) is 0 Å². The SMILES string of the molecule is CCOC(CC)O[SiH3]. The molecule has 1 unspecified atom stereocenters. The average Bonchev–Trinajstić information content (AvgIpc) is 1.83. The number of rotatable bonds is 4. The molecule has 8 heavy (non-hydrogen) atoms. The molecule has 0 radical (unpaired) electrons. The lowest BCUT2D eigenvalue weighted by Gasteiger charge is -2.11. The largest absolute Gasteiger partial charge is 0.404 e. The Balaban J connectivity index is 3.07. The van der Waals surface area contributed by atoms with Crippen molar-refractivity contribution in [1.29, 1.82) is 0 Å². The van der Waals surface area contributed by atoms with Gasteiger partial charge in [-0.05, 0) is 13.3 Å². The first-order valence-corrected chi connectivity index (χ1v) is 3.81. The Morgan fingerprint density at radius 3 is 2.25 bits per heavy atom. The fourth-order valence-electron chi connectivity index (χ4n) is 0.538. The maximum Gasteiger partial charge on any atom is 0.149 e. The van der Waals surface area contributed by atoms with Crippen LogP contribution in [0.5, 0.6) is 0 Å². The highest BCUT2D eigenvalue weighted by atomic mass is 28.2. The Morgan fingerprint density at radius 2 is 2.12 bits per heavy atom. The van der Waals surface area contributed by atoms with Gasteiger partial charge in [0.25, 0.3) is 0 Å². The fraction of sp³-hybridized carbons (Fsp3) is 1.00. The van der Waals surface area contributed by atoms with Crippen molar-refractivity contribution in [2.75, 3.05) is 6.61 Å². The van der Waals surface area contributed by atoms with Gasteiger partial charge in [-0.3, -0.25) is 0 Å². The van der Waals surface area contributed by atoms with Crippen LogP contribution in [0.3, 0.4) is 0 Å². The summed E-state index contributed by atoms with van der Waals surface area (Å²) in [6, 6.07) is 0. The van der Waals surface area contributed by atoms with Crippen LogP contribution in [0.2, 0.25) is 0 Å². The standard InChI is InChI=1S/C5H14O2Si/c1-3-5(7-8)6-4-2/h5H,3-4H2,1-2,8H3. The van der Waals surface area contributed by atoms with E-state index in [2.05, 4.69) is 6.92 Å². The van der Waals surface area contributed by atoms with Crippen LogP contribution in [-0.2, 0) is 9.16 Å². The Kier molecular flexibility index (Phi) is 5.37. The third kappa shape index (κ3) is 3.18. The molecule has 0 spiro atoms. The predicted octanol–water partition coefficient (Wildman–Crippen LogP) is 0.0560. The van der Waals surface area contributed by atoms with Crippen molar-refractivity contribution in [2.24, 2.45) is 0 Å². The van der Waals surface area contributed by atoms with Gasteiger partial charge >= 0.3 is 0 Å². The highest BCUT2D eigenvalue weighted by molar-refractivity contribution is 5.98. The van der Waals surface area contributed by atoms with Crippen molar-refractivity contribution < 1.29 is 9.16 Å². The van der Waals surface area contributed by atoms with Gasteiger partial charge in [0, 0.05) is 6.61 Å². The highest BCUT2D eigenvalue weighted by Gasteiger charge is 1.98. The van der Waals surface area contributed by atoms with Crippen LogP contribution in [0, 0.1) is 0 Å². The lowest BCUT2D eigenvalue weighted by Crippen LogP contribution is -2.13.